The monoisotopic (exact) mass is 306 g/mol. The third kappa shape index (κ3) is 6.36. The Morgan fingerprint density at radius 2 is 0.952 bits per heavy atom. The number of ether oxygens (including phenoxy) is 3. The first kappa shape index (κ1) is 18.4. The lowest BCUT2D eigenvalue weighted by molar-refractivity contribution is -0.196. The fourth-order valence-electron chi connectivity index (χ4n) is 1.35. The molecular weight excluding hydrogens is 292 g/mol. The van der Waals surface area contributed by atoms with Gasteiger partial charge in [0.25, 0.3) is 0 Å². The van der Waals surface area contributed by atoms with Gasteiger partial charge in [0.05, 0.1) is 0 Å². The van der Waals surface area contributed by atoms with Crippen molar-refractivity contribution in [3.05, 3.63) is 0 Å². The van der Waals surface area contributed by atoms with Gasteiger partial charge in [0.1, 0.15) is 0 Å². The highest BCUT2D eigenvalue weighted by Crippen LogP contribution is 2.15. The molecule has 10 heteroatoms. The summed E-state index contributed by atoms with van der Waals surface area (Å²) in [7, 11) is 0. The molecule has 0 aliphatic carbocycles. The SMILES string of the molecule is CC(=O)OC(C(=O)O)C(OC(C)=O)C(OC(C)=O)C(=O)O. The molecule has 0 saturated heterocycles. The number of rotatable bonds is 7. The van der Waals surface area contributed by atoms with E-state index in [1.54, 1.807) is 0 Å². The summed E-state index contributed by atoms with van der Waals surface area (Å²) in [6.07, 6.45) is -6.33. The van der Waals surface area contributed by atoms with E-state index in [0.717, 1.165) is 20.8 Å². The van der Waals surface area contributed by atoms with E-state index in [4.69, 9.17) is 10.2 Å². The lowest BCUT2D eigenvalue weighted by atomic mass is 10.1. The van der Waals surface area contributed by atoms with Crippen LogP contribution in [0.15, 0.2) is 0 Å². The van der Waals surface area contributed by atoms with Crippen LogP contribution in [0.4, 0.5) is 0 Å². The molecule has 2 N–H and O–H groups in total. The number of carboxylic acids is 2. The molecule has 0 aromatic carbocycles. The Morgan fingerprint density at radius 3 is 1.14 bits per heavy atom. The number of carbonyl (C=O) groups is 5. The molecular formula is C11H14O10. The summed E-state index contributed by atoms with van der Waals surface area (Å²) in [6.45, 7) is 2.64. The van der Waals surface area contributed by atoms with Gasteiger partial charge in [0, 0.05) is 20.8 Å². The average molecular weight is 306 g/mol. The van der Waals surface area contributed by atoms with Crippen molar-refractivity contribution in [3.8, 4) is 0 Å². The van der Waals surface area contributed by atoms with Crippen LogP contribution < -0.4 is 0 Å². The molecule has 0 aliphatic heterocycles. The largest absolute Gasteiger partial charge is 0.478 e. The summed E-state index contributed by atoms with van der Waals surface area (Å²) in [4.78, 5) is 54.9. The molecule has 0 aromatic rings. The summed E-state index contributed by atoms with van der Waals surface area (Å²) in [6, 6.07) is 0. The number of hydrogen-bond donors (Lipinski definition) is 2. The maximum atomic E-state index is 11.1. The van der Waals surface area contributed by atoms with Crippen molar-refractivity contribution in [2.24, 2.45) is 0 Å². The van der Waals surface area contributed by atoms with Crippen LogP contribution in [0.1, 0.15) is 20.8 Å². The lowest BCUT2D eigenvalue weighted by Gasteiger charge is -2.27. The van der Waals surface area contributed by atoms with E-state index in [0.29, 0.717) is 0 Å². The van der Waals surface area contributed by atoms with Gasteiger partial charge in [-0.1, -0.05) is 0 Å². The molecule has 2 unspecified atom stereocenters. The zero-order valence-corrected chi connectivity index (χ0v) is 11.4. The molecule has 0 saturated carbocycles. The molecule has 0 heterocycles. The van der Waals surface area contributed by atoms with Crippen LogP contribution in [0.3, 0.4) is 0 Å². The van der Waals surface area contributed by atoms with Gasteiger partial charge in [0.2, 0.25) is 12.2 Å². The average Bonchev–Trinajstić information content (AvgIpc) is 2.29. The fourth-order valence-corrected chi connectivity index (χ4v) is 1.35. The first-order valence-electron chi connectivity index (χ1n) is 5.53. The molecule has 0 aliphatic rings. The Kier molecular flexibility index (Phi) is 6.84. The molecule has 118 valence electrons. The van der Waals surface area contributed by atoms with Gasteiger partial charge in [-0.25, -0.2) is 9.59 Å². The van der Waals surface area contributed by atoms with E-state index in [-0.39, 0.29) is 0 Å². The molecule has 0 rings (SSSR count). The van der Waals surface area contributed by atoms with Gasteiger partial charge in [0.15, 0.2) is 6.10 Å². The van der Waals surface area contributed by atoms with Gasteiger partial charge >= 0.3 is 29.8 Å². The second kappa shape index (κ2) is 7.82. The summed E-state index contributed by atoms with van der Waals surface area (Å²) in [5.74, 6) is -6.68. The Hall–Kier alpha value is -2.65. The van der Waals surface area contributed by atoms with Crippen molar-refractivity contribution in [2.75, 3.05) is 0 Å². The molecule has 10 nitrogen and oxygen atoms in total. The Bertz CT molecular complexity index is 420. The normalized spacial score (nSPS) is 14.2. The zero-order chi connectivity index (χ0) is 16.7. The Morgan fingerprint density at radius 1 is 0.667 bits per heavy atom. The highest BCUT2D eigenvalue weighted by Gasteiger charge is 2.45. The standard InChI is InChI=1S/C11H14O10/c1-4(12)19-7(8(10(15)16)20-5(2)13)9(11(17)18)21-6(3)14/h7-9H,1-3H3,(H,15,16)(H,17,18). The first-order chi connectivity index (χ1) is 9.56. The number of hydrogen-bond acceptors (Lipinski definition) is 8. The van der Waals surface area contributed by atoms with E-state index >= 15 is 0 Å². The predicted octanol–water partition coefficient (Wildman–Crippen LogP) is -1.05. The quantitative estimate of drug-likeness (QED) is 0.439. The first-order valence-corrected chi connectivity index (χ1v) is 5.53. The summed E-state index contributed by atoms with van der Waals surface area (Å²) in [5, 5.41) is 17.9. The van der Waals surface area contributed by atoms with Crippen molar-refractivity contribution in [1.82, 2.24) is 0 Å². The third-order valence-corrected chi connectivity index (χ3v) is 1.97. The molecule has 21 heavy (non-hydrogen) atoms. The number of carbonyl (C=O) groups excluding carboxylic acids is 3. The van der Waals surface area contributed by atoms with E-state index in [1.807, 2.05) is 0 Å². The van der Waals surface area contributed by atoms with E-state index < -0.39 is 48.2 Å². The van der Waals surface area contributed by atoms with Gasteiger partial charge in [-0.15, -0.1) is 0 Å². The van der Waals surface area contributed by atoms with Crippen molar-refractivity contribution < 1.29 is 48.4 Å². The minimum absolute atomic E-state index is 0.877. The van der Waals surface area contributed by atoms with Crippen molar-refractivity contribution in [1.29, 1.82) is 0 Å². The second-order valence-corrected chi connectivity index (χ2v) is 3.81. The highest BCUT2D eigenvalue weighted by molar-refractivity contribution is 5.83. The van der Waals surface area contributed by atoms with Crippen molar-refractivity contribution >= 4 is 29.8 Å². The highest BCUT2D eigenvalue weighted by atomic mass is 16.6. The van der Waals surface area contributed by atoms with Gasteiger partial charge in [-0.05, 0) is 0 Å². The molecule has 0 fully saturated rings. The van der Waals surface area contributed by atoms with Gasteiger partial charge < -0.3 is 24.4 Å². The van der Waals surface area contributed by atoms with Crippen LogP contribution in [0.2, 0.25) is 0 Å². The molecule has 0 radical (unpaired) electrons. The number of esters is 3. The number of carboxylic acid groups (broad SMARTS) is 2. The Labute approximate surface area is 118 Å². The van der Waals surface area contributed by atoms with Crippen LogP contribution in [0.5, 0.6) is 0 Å². The minimum atomic E-state index is -2.15. The van der Waals surface area contributed by atoms with Crippen LogP contribution in [0, 0.1) is 0 Å². The van der Waals surface area contributed by atoms with E-state index in [9.17, 15) is 24.0 Å². The fraction of sp³-hybridized carbons (Fsp3) is 0.545. The van der Waals surface area contributed by atoms with Crippen molar-refractivity contribution in [3.63, 3.8) is 0 Å². The molecule has 0 aromatic heterocycles. The van der Waals surface area contributed by atoms with Crippen LogP contribution in [-0.4, -0.2) is 58.4 Å². The molecule has 0 amide bonds. The summed E-state index contributed by atoms with van der Waals surface area (Å²) < 4.78 is 13.4. The topological polar surface area (TPSA) is 154 Å². The van der Waals surface area contributed by atoms with E-state index in [2.05, 4.69) is 14.2 Å². The van der Waals surface area contributed by atoms with Crippen molar-refractivity contribution in [2.45, 2.75) is 39.1 Å². The van der Waals surface area contributed by atoms with Crippen LogP contribution in [-0.2, 0) is 38.2 Å². The number of aliphatic carboxylic acids is 2. The molecule has 2 atom stereocenters. The van der Waals surface area contributed by atoms with E-state index in [1.165, 1.54) is 0 Å². The lowest BCUT2D eigenvalue weighted by Crippen LogP contribution is -2.51. The maximum absolute atomic E-state index is 11.1. The predicted molar refractivity (Wildman–Crippen MR) is 61.9 cm³/mol. The summed E-state index contributed by atoms with van der Waals surface area (Å²) in [5.41, 5.74) is 0. The van der Waals surface area contributed by atoms with Gasteiger partial charge in [-0.3, -0.25) is 14.4 Å². The minimum Gasteiger partial charge on any atom is -0.478 e. The maximum Gasteiger partial charge on any atom is 0.349 e. The molecule has 0 bridgehead atoms. The molecule has 0 spiro atoms. The van der Waals surface area contributed by atoms with Crippen LogP contribution in [0.25, 0.3) is 0 Å². The third-order valence-electron chi connectivity index (χ3n) is 1.97. The summed E-state index contributed by atoms with van der Waals surface area (Å²) >= 11 is 0. The second-order valence-electron chi connectivity index (χ2n) is 3.81. The smallest absolute Gasteiger partial charge is 0.349 e. The van der Waals surface area contributed by atoms with Gasteiger partial charge in [-0.2, -0.15) is 0 Å². The van der Waals surface area contributed by atoms with Crippen LogP contribution >= 0.6 is 0 Å². The Balaban J connectivity index is 5.60. The zero-order valence-electron chi connectivity index (χ0n) is 11.4.